The molecule has 1 amide bonds. The minimum absolute atomic E-state index is 0.00180. The van der Waals surface area contributed by atoms with Gasteiger partial charge in [-0.25, -0.2) is 0 Å². The van der Waals surface area contributed by atoms with Crippen LogP contribution in [-0.4, -0.2) is 69.3 Å². The van der Waals surface area contributed by atoms with Gasteiger partial charge in [-0.15, -0.1) is 0 Å². The molecule has 0 aliphatic carbocycles. The third-order valence-corrected chi connectivity index (χ3v) is 4.73. The van der Waals surface area contributed by atoms with Crippen LogP contribution >= 0.6 is 0 Å². The van der Waals surface area contributed by atoms with E-state index in [4.69, 9.17) is 14.2 Å². The van der Waals surface area contributed by atoms with Gasteiger partial charge in [0.1, 0.15) is 0 Å². The van der Waals surface area contributed by atoms with Gasteiger partial charge in [0.2, 0.25) is 5.75 Å². The van der Waals surface area contributed by atoms with E-state index in [-0.39, 0.29) is 5.91 Å². The first-order valence-electron chi connectivity index (χ1n) is 8.39. The Balaban J connectivity index is 2.16. The van der Waals surface area contributed by atoms with Gasteiger partial charge in [0.15, 0.2) is 11.5 Å². The molecule has 1 aromatic carbocycles. The molecule has 0 saturated carbocycles. The van der Waals surface area contributed by atoms with E-state index in [2.05, 4.69) is 18.7 Å². The lowest BCUT2D eigenvalue weighted by Gasteiger charge is -2.37. The lowest BCUT2D eigenvalue weighted by atomic mass is 10.1. The predicted octanol–water partition coefficient (Wildman–Crippen LogP) is 2.27. The monoisotopic (exact) mass is 336 g/mol. The molecule has 0 N–H and O–H groups in total. The molecule has 1 aromatic rings. The second-order valence-corrected chi connectivity index (χ2v) is 6.00. The zero-order chi connectivity index (χ0) is 17.7. The van der Waals surface area contributed by atoms with Crippen LogP contribution in [0, 0.1) is 0 Å². The Kier molecular flexibility index (Phi) is 6.31. The van der Waals surface area contributed by atoms with Crippen molar-refractivity contribution in [1.82, 2.24) is 9.80 Å². The summed E-state index contributed by atoms with van der Waals surface area (Å²) in [7, 11) is 4.66. The van der Waals surface area contributed by atoms with Crippen LogP contribution in [0.3, 0.4) is 0 Å². The molecular formula is C18H28N2O4. The van der Waals surface area contributed by atoms with Crippen LogP contribution in [0.1, 0.15) is 30.6 Å². The van der Waals surface area contributed by atoms with E-state index in [1.807, 2.05) is 4.90 Å². The van der Waals surface area contributed by atoms with Gasteiger partial charge in [0, 0.05) is 37.8 Å². The Hall–Kier alpha value is -1.95. The van der Waals surface area contributed by atoms with E-state index in [1.54, 1.807) is 33.5 Å². The molecule has 1 aliphatic rings. The molecule has 1 atom stereocenters. The number of benzene rings is 1. The summed E-state index contributed by atoms with van der Waals surface area (Å²) < 4.78 is 16.0. The summed E-state index contributed by atoms with van der Waals surface area (Å²) in [4.78, 5) is 17.2. The van der Waals surface area contributed by atoms with Gasteiger partial charge in [0.25, 0.3) is 5.91 Å². The molecule has 24 heavy (non-hydrogen) atoms. The summed E-state index contributed by atoms with van der Waals surface area (Å²) in [5, 5.41) is 0. The van der Waals surface area contributed by atoms with Crippen molar-refractivity contribution in [3.63, 3.8) is 0 Å². The fraction of sp³-hybridized carbons (Fsp3) is 0.611. The molecule has 134 valence electrons. The Morgan fingerprint density at radius 1 is 1.04 bits per heavy atom. The maximum atomic E-state index is 12.8. The predicted molar refractivity (Wildman–Crippen MR) is 93.3 cm³/mol. The van der Waals surface area contributed by atoms with Crippen LogP contribution in [0.25, 0.3) is 0 Å². The van der Waals surface area contributed by atoms with E-state index in [1.165, 1.54) is 0 Å². The van der Waals surface area contributed by atoms with Crippen molar-refractivity contribution in [2.45, 2.75) is 26.3 Å². The largest absolute Gasteiger partial charge is 0.493 e. The van der Waals surface area contributed by atoms with Gasteiger partial charge >= 0.3 is 0 Å². The molecule has 6 heteroatoms. The maximum absolute atomic E-state index is 12.8. The minimum Gasteiger partial charge on any atom is -0.493 e. The molecule has 0 unspecified atom stereocenters. The number of carbonyl (C=O) groups excluding carboxylic acids is 1. The number of nitrogens with zero attached hydrogens (tertiary/aromatic N) is 2. The molecule has 1 heterocycles. The number of piperazine rings is 1. The molecular weight excluding hydrogens is 308 g/mol. The highest BCUT2D eigenvalue weighted by Gasteiger charge is 2.26. The highest BCUT2D eigenvalue weighted by molar-refractivity contribution is 5.95. The van der Waals surface area contributed by atoms with Gasteiger partial charge in [-0.05, 0) is 25.5 Å². The fourth-order valence-electron chi connectivity index (χ4n) is 3.01. The van der Waals surface area contributed by atoms with Crippen LogP contribution in [0.15, 0.2) is 12.1 Å². The molecule has 0 bridgehead atoms. The first kappa shape index (κ1) is 18.4. The molecule has 1 fully saturated rings. The van der Waals surface area contributed by atoms with E-state index < -0.39 is 0 Å². The zero-order valence-electron chi connectivity index (χ0n) is 15.3. The van der Waals surface area contributed by atoms with Crippen LogP contribution < -0.4 is 14.2 Å². The average molecular weight is 336 g/mol. The highest BCUT2D eigenvalue weighted by atomic mass is 16.5. The second kappa shape index (κ2) is 8.24. The average Bonchev–Trinajstić information content (AvgIpc) is 2.65. The summed E-state index contributed by atoms with van der Waals surface area (Å²) in [5.74, 6) is 1.49. The number of methoxy groups -OCH3 is 3. The van der Waals surface area contributed by atoms with E-state index in [9.17, 15) is 4.79 Å². The van der Waals surface area contributed by atoms with Crippen molar-refractivity contribution in [3.05, 3.63) is 17.7 Å². The lowest BCUT2D eigenvalue weighted by Crippen LogP contribution is -2.51. The Morgan fingerprint density at radius 2 is 1.58 bits per heavy atom. The standard InChI is InChI=1S/C18H28N2O4/c1-6-13(2)19-7-9-20(10-8-19)18(21)14-11-15(22-3)17(24-5)16(12-14)23-4/h11-13H,6-10H2,1-5H3/t13-/m0/s1. The van der Waals surface area contributed by atoms with Gasteiger partial charge < -0.3 is 19.1 Å². The maximum Gasteiger partial charge on any atom is 0.254 e. The third-order valence-electron chi connectivity index (χ3n) is 4.73. The highest BCUT2D eigenvalue weighted by Crippen LogP contribution is 2.38. The summed E-state index contributed by atoms with van der Waals surface area (Å²) in [5.41, 5.74) is 0.557. The van der Waals surface area contributed by atoms with Gasteiger partial charge in [0.05, 0.1) is 21.3 Å². The third kappa shape index (κ3) is 3.75. The van der Waals surface area contributed by atoms with Crippen LogP contribution in [0.5, 0.6) is 17.2 Å². The zero-order valence-corrected chi connectivity index (χ0v) is 15.3. The van der Waals surface area contributed by atoms with Crippen LogP contribution in [-0.2, 0) is 0 Å². The summed E-state index contributed by atoms with van der Waals surface area (Å²) in [6, 6.07) is 3.98. The Labute approximate surface area is 144 Å². The number of rotatable bonds is 6. The molecule has 0 spiro atoms. The van der Waals surface area contributed by atoms with Crippen molar-refractivity contribution in [1.29, 1.82) is 0 Å². The van der Waals surface area contributed by atoms with Crippen molar-refractivity contribution in [3.8, 4) is 17.2 Å². The van der Waals surface area contributed by atoms with Gasteiger partial charge in [-0.1, -0.05) is 6.92 Å². The van der Waals surface area contributed by atoms with Crippen molar-refractivity contribution in [2.24, 2.45) is 0 Å². The fourth-order valence-corrected chi connectivity index (χ4v) is 3.01. The number of hydrogen-bond acceptors (Lipinski definition) is 5. The number of hydrogen-bond donors (Lipinski definition) is 0. The molecule has 1 aliphatic heterocycles. The minimum atomic E-state index is -0.00180. The van der Waals surface area contributed by atoms with Crippen molar-refractivity contribution >= 4 is 5.91 Å². The Morgan fingerprint density at radius 3 is 2.00 bits per heavy atom. The lowest BCUT2D eigenvalue weighted by molar-refractivity contribution is 0.0579. The number of ether oxygens (including phenoxy) is 3. The normalized spacial score (nSPS) is 16.6. The molecule has 0 aromatic heterocycles. The SMILES string of the molecule is CC[C@H](C)N1CCN(C(=O)c2cc(OC)c(OC)c(OC)c2)CC1. The van der Waals surface area contributed by atoms with Crippen molar-refractivity contribution in [2.75, 3.05) is 47.5 Å². The quantitative estimate of drug-likeness (QED) is 0.798. The van der Waals surface area contributed by atoms with Gasteiger partial charge in [-0.2, -0.15) is 0 Å². The molecule has 2 rings (SSSR count). The van der Waals surface area contributed by atoms with Crippen LogP contribution in [0.2, 0.25) is 0 Å². The summed E-state index contributed by atoms with van der Waals surface area (Å²) >= 11 is 0. The Bertz CT molecular complexity index is 543. The van der Waals surface area contributed by atoms with Gasteiger partial charge in [-0.3, -0.25) is 9.69 Å². The smallest absolute Gasteiger partial charge is 0.254 e. The number of amides is 1. The van der Waals surface area contributed by atoms with E-state index >= 15 is 0 Å². The topological polar surface area (TPSA) is 51.2 Å². The molecule has 0 radical (unpaired) electrons. The van der Waals surface area contributed by atoms with Crippen LogP contribution in [0.4, 0.5) is 0 Å². The molecule has 1 saturated heterocycles. The van der Waals surface area contributed by atoms with E-state index in [0.717, 1.165) is 32.6 Å². The number of carbonyl (C=O) groups is 1. The summed E-state index contributed by atoms with van der Waals surface area (Å²) in [6.45, 7) is 7.71. The van der Waals surface area contributed by atoms with E-state index in [0.29, 0.717) is 28.9 Å². The molecule has 6 nitrogen and oxygen atoms in total. The first-order chi connectivity index (χ1) is 11.5. The summed E-state index contributed by atoms with van der Waals surface area (Å²) in [6.07, 6.45) is 1.13. The second-order valence-electron chi connectivity index (χ2n) is 6.00. The van der Waals surface area contributed by atoms with Crippen molar-refractivity contribution < 1.29 is 19.0 Å². The first-order valence-corrected chi connectivity index (χ1v) is 8.39.